The Morgan fingerprint density at radius 2 is 1.32 bits per heavy atom. The van der Waals surface area contributed by atoms with Crippen LogP contribution in [0.5, 0.6) is 17.2 Å². The standard InChI is InChI=1S/C21H19FO3/c1-21(15-23,16-5-3-2-4-6-16)25-20-13-11-19(12-14-20)24-18-9-7-17(22)8-10-18/h2-14,23H,15H2,1H3. The van der Waals surface area contributed by atoms with Crippen LogP contribution in [0, 0.1) is 5.82 Å². The van der Waals surface area contributed by atoms with Crippen molar-refractivity contribution in [3.8, 4) is 17.2 Å². The largest absolute Gasteiger partial charge is 0.480 e. The molecule has 0 fully saturated rings. The van der Waals surface area contributed by atoms with Crippen LogP contribution >= 0.6 is 0 Å². The lowest BCUT2D eigenvalue weighted by Gasteiger charge is -2.29. The van der Waals surface area contributed by atoms with Gasteiger partial charge in [0.25, 0.3) is 0 Å². The van der Waals surface area contributed by atoms with Gasteiger partial charge in [-0.1, -0.05) is 30.3 Å². The van der Waals surface area contributed by atoms with E-state index >= 15 is 0 Å². The van der Waals surface area contributed by atoms with Gasteiger partial charge < -0.3 is 14.6 Å². The molecule has 0 aliphatic carbocycles. The quantitative estimate of drug-likeness (QED) is 0.694. The highest BCUT2D eigenvalue weighted by molar-refractivity contribution is 5.36. The maximum atomic E-state index is 12.9. The number of aliphatic hydroxyl groups excluding tert-OH is 1. The molecule has 0 aliphatic heterocycles. The monoisotopic (exact) mass is 338 g/mol. The van der Waals surface area contributed by atoms with Crippen LogP contribution in [0.3, 0.4) is 0 Å². The van der Waals surface area contributed by atoms with Crippen LogP contribution in [-0.4, -0.2) is 11.7 Å². The maximum Gasteiger partial charge on any atom is 0.154 e. The zero-order valence-electron chi connectivity index (χ0n) is 13.9. The third-order valence-electron chi connectivity index (χ3n) is 3.90. The zero-order valence-corrected chi connectivity index (χ0v) is 13.9. The van der Waals surface area contributed by atoms with Gasteiger partial charge in [-0.3, -0.25) is 0 Å². The molecule has 0 radical (unpaired) electrons. The van der Waals surface area contributed by atoms with Crippen molar-refractivity contribution in [3.05, 3.63) is 90.2 Å². The van der Waals surface area contributed by atoms with E-state index in [2.05, 4.69) is 0 Å². The molecule has 0 aliphatic rings. The first-order valence-electron chi connectivity index (χ1n) is 7.98. The summed E-state index contributed by atoms with van der Waals surface area (Å²) in [4.78, 5) is 0. The maximum absolute atomic E-state index is 12.9. The molecule has 1 unspecified atom stereocenters. The SMILES string of the molecule is CC(CO)(Oc1ccc(Oc2ccc(F)cc2)cc1)c1ccccc1. The predicted octanol–water partition coefficient (Wildman–Crippen LogP) is 4.90. The van der Waals surface area contributed by atoms with Crippen LogP contribution in [0.25, 0.3) is 0 Å². The molecule has 0 aromatic heterocycles. The van der Waals surface area contributed by atoms with E-state index < -0.39 is 5.60 Å². The first-order chi connectivity index (χ1) is 12.1. The van der Waals surface area contributed by atoms with Crippen molar-refractivity contribution in [1.82, 2.24) is 0 Å². The molecule has 3 rings (SSSR count). The van der Waals surface area contributed by atoms with Crippen molar-refractivity contribution in [2.75, 3.05) is 6.61 Å². The molecular formula is C21H19FO3. The Labute approximate surface area is 146 Å². The summed E-state index contributed by atoms with van der Waals surface area (Å²) in [5.41, 5.74) is 0.0600. The molecule has 0 heterocycles. The Balaban J connectivity index is 1.72. The van der Waals surface area contributed by atoms with Gasteiger partial charge in [0.1, 0.15) is 23.1 Å². The van der Waals surface area contributed by atoms with Crippen LogP contribution in [-0.2, 0) is 5.60 Å². The van der Waals surface area contributed by atoms with E-state index in [0.29, 0.717) is 17.2 Å². The lowest BCUT2D eigenvalue weighted by molar-refractivity contribution is 0.0216. The van der Waals surface area contributed by atoms with Gasteiger partial charge >= 0.3 is 0 Å². The summed E-state index contributed by atoms with van der Waals surface area (Å²) in [5, 5.41) is 9.79. The molecule has 0 saturated carbocycles. The summed E-state index contributed by atoms with van der Waals surface area (Å²) in [7, 11) is 0. The van der Waals surface area contributed by atoms with E-state index in [9.17, 15) is 9.50 Å². The summed E-state index contributed by atoms with van der Waals surface area (Å²) in [6.45, 7) is 1.69. The Bertz CT molecular complexity index is 801. The summed E-state index contributed by atoms with van der Waals surface area (Å²) < 4.78 is 24.6. The predicted molar refractivity (Wildman–Crippen MR) is 94.4 cm³/mol. The minimum Gasteiger partial charge on any atom is -0.480 e. The van der Waals surface area contributed by atoms with Gasteiger partial charge in [0, 0.05) is 0 Å². The molecule has 1 N–H and O–H groups in total. The summed E-state index contributed by atoms with van der Waals surface area (Å²) in [6.07, 6.45) is 0. The third kappa shape index (κ3) is 4.17. The average Bonchev–Trinajstić information content (AvgIpc) is 2.66. The summed E-state index contributed by atoms with van der Waals surface area (Å²) >= 11 is 0. The van der Waals surface area contributed by atoms with Crippen molar-refractivity contribution < 1.29 is 19.0 Å². The first-order valence-corrected chi connectivity index (χ1v) is 7.98. The normalized spacial score (nSPS) is 13.1. The molecule has 128 valence electrons. The van der Waals surface area contributed by atoms with Crippen LogP contribution in [0.1, 0.15) is 12.5 Å². The van der Waals surface area contributed by atoms with E-state index in [1.807, 2.05) is 37.3 Å². The molecule has 0 amide bonds. The number of benzene rings is 3. The minimum atomic E-state index is -0.833. The molecule has 0 bridgehead atoms. The van der Waals surface area contributed by atoms with Gasteiger partial charge in [0.15, 0.2) is 5.60 Å². The minimum absolute atomic E-state index is 0.148. The second-order valence-corrected chi connectivity index (χ2v) is 5.88. The second kappa shape index (κ2) is 7.36. The number of aliphatic hydroxyl groups is 1. The number of hydrogen-bond donors (Lipinski definition) is 1. The van der Waals surface area contributed by atoms with Gasteiger partial charge in [-0.25, -0.2) is 4.39 Å². The fourth-order valence-corrected chi connectivity index (χ4v) is 2.45. The Kier molecular flexibility index (Phi) is 5.00. The van der Waals surface area contributed by atoms with Crippen LogP contribution < -0.4 is 9.47 Å². The van der Waals surface area contributed by atoms with Crippen molar-refractivity contribution in [2.45, 2.75) is 12.5 Å². The zero-order chi connectivity index (χ0) is 17.7. The van der Waals surface area contributed by atoms with Crippen LogP contribution in [0.2, 0.25) is 0 Å². The Hall–Kier alpha value is -2.85. The summed E-state index contributed by atoms with van der Waals surface area (Å²) in [6, 6.07) is 22.5. The summed E-state index contributed by atoms with van der Waals surface area (Å²) in [5.74, 6) is 1.48. The first kappa shape index (κ1) is 17.0. The number of halogens is 1. The van der Waals surface area contributed by atoms with Crippen LogP contribution in [0.15, 0.2) is 78.9 Å². The third-order valence-corrected chi connectivity index (χ3v) is 3.90. The van der Waals surface area contributed by atoms with Gasteiger partial charge in [0.05, 0.1) is 6.61 Å². The molecule has 25 heavy (non-hydrogen) atoms. The van der Waals surface area contributed by atoms with Crippen molar-refractivity contribution in [1.29, 1.82) is 0 Å². The fourth-order valence-electron chi connectivity index (χ4n) is 2.45. The molecule has 3 aromatic carbocycles. The highest BCUT2D eigenvalue weighted by Crippen LogP contribution is 2.30. The van der Waals surface area contributed by atoms with Gasteiger partial charge in [0.2, 0.25) is 0 Å². The van der Waals surface area contributed by atoms with Gasteiger partial charge in [-0.15, -0.1) is 0 Å². The van der Waals surface area contributed by atoms with E-state index in [1.54, 1.807) is 36.4 Å². The average molecular weight is 338 g/mol. The molecular weight excluding hydrogens is 319 g/mol. The molecule has 0 saturated heterocycles. The smallest absolute Gasteiger partial charge is 0.154 e. The van der Waals surface area contributed by atoms with E-state index in [4.69, 9.17) is 9.47 Å². The Morgan fingerprint density at radius 3 is 1.88 bits per heavy atom. The molecule has 1 atom stereocenters. The van der Waals surface area contributed by atoms with E-state index in [1.165, 1.54) is 12.1 Å². The molecule has 4 heteroatoms. The molecule has 3 aromatic rings. The lowest BCUT2D eigenvalue weighted by Crippen LogP contribution is -2.33. The molecule has 3 nitrogen and oxygen atoms in total. The van der Waals surface area contributed by atoms with Crippen molar-refractivity contribution in [3.63, 3.8) is 0 Å². The number of hydrogen-bond acceptors (Lipinski definition) is 3. The van der Waals surface area contributed by atoms with Crippen LogP contribution in [0.4, 0.5) is 4.39 Å². The molecule has 0 spiro atoms. The van der Waals surface area contributed by atoms with Crippen molar-refractivity contribution >= 4 is 0 Å². The lowest BCUT2D eigenvalue weighted by atomic mass is 9.96. The fraction of sp³-hybridized carbons (Fsp3) is 0.143. The highest BCUT2D eigenvalue weighted by atomic mass is 19.1. The van der Waals surface area contributed by atoms with E-state index in [0.717, 1.165) is 5.56 Å². The van der Waals surface area contributed by atoms with Gasteiger partial charge in [-0.2, -0.15) is 0 Å². The van der Waals surface area contributed by atoms with E-state index in [-0.39, 0.29) is 12.4 Å². The van der Waals surface area contributed by atoms with Crippen molar-refractivity contribution in [2.24, 2.45) is 0 Å². The van der Waals surface area contributed by atoms with Gasteiger partial charge in [-0.05, 0) is 61.0 Å². The number of rotatable bonds is 6. The highest BCUT2D eigenvalue weighted by Gasteiger charge is 2.27. The second-order valence-electron chi connectivity index (χ2n) is 5.88. The number of ether oxygens (including phenoxy) is 2. The Morgan fingerprint density at radius 1 is 0.800 bits per heavy atom. The topological polar surface area (TPSA) is 38.7 Å².